The molecule has 0 saturated carbocycles. The number of aliphatic hydroxyl groups excluding tert-OH is 7. The average Bonchev–Trinajstić information content (AvgIpc) is 3.29. The Morgan fingerprint density at radius 3 is 1.39 bits per heavy atom. The van der Waals surface area contributed by atoms with Crippen LogP contribution in [0.25, 0.3) is 0 Å². The fourth-order valence-corrected chi connectivity index (χ4v) is 8.59. The van der Waals surface area contributed by atoms with Crippen LogP contribution in [-0.2, 0) is 14.3 Å². The summed E-state index contributed by atoms with van der Waals surface area (Å²) in [6, 6.07) is -1.16. The molecule has 1 rings (SSSR count). The van der Waals surface area contributed by atoms with Crippen molar-refractivity contribution in [2.24, 2.45) is 0 Å². The second-order valence-electron chi connectivity index (χ2n) is 19.0. The van der Waals surface area contributed by atoms with E-state index in [1.54, 1.807) is 0 Å². The summed E-state index contributed by atoms with van der Waals surface area (Å²) in [6.07, 6.45) is 38.6. The maximum Gasteiger partial charge on any atom is 0.249 e. The highest BCUT2D eigenvalue weighted by molar-refractivity contribution is 5.80. The van der Waals surface area contributed by atoms with Crippen molar-refractivity contribution in [3.05, 3.63) is 24.3 Å². The third-order valence-corrected chi connectivity index (χ3v) is 13.0. The molecule has 0 radical (unpaired) electrons. The number of amides is 1. The number of hydrogen-bond acceptors (Lipinski definition) is 10. The van der Waals surface area contributed by atoms with Crippen LogP contribution in [0.2, 0.25) is 0 Å². The lowest BCUT2D eigenvalue weighted by Gasteiger charge is -2.40. The van der Waals surface area contributed by atoms with E-state index in [4.69, 9.17) is 9.47 Å². The van der Waals surface area contributed by atoms with Crippen LogP contribution in [0.1, 0.15) is 239 Å². The van der Waals surface area contributed by atoms with E-state index in [0.29, 0.717) is 19.3 Å². The van der Waals surface area contributed by atoms with Gasteiger partial charge in [0.1, 0.15) is 36.6 Å². The van der Waals surface area contributed by atoms with Gasteiger partial charge in [-0.1, -0.05) is 218 Å². The van der Waals surface area contributed by atoms with E-state index >= 15 is 0 Å². The monoisotopic (exact) mass is 912 g/mol. The molecule has 0 spiro atoms. The van der Waals surface area contributed by atoms with E-state index < -0.39 is 74.2 Å². The molecule has 9 unspecified atom stereocenters. The van der Waals surface area contributed by atoms with Crippen LogP contribution in [0.3, 0.4) is 0 Å². The Morgan fingerprint density at radius 1 is 0.547 bits per heavy atom. The Labute approximate surface area is 391 Å². The topological polar surface area (TPSA) is 189 Å². The standard InChI is InChI=1S/C53H101NO10/c1-3-5-7-9-11-12-13-14-15-16-17-18-19-20-21-22-23-24-25-26-27-28-29-30-31-32-33-35-37-39-41-46(57)52(62)54-44(48(58)45(56)40-38-36-34-10-8-6-4-2)43-63-53-51(61)50(60)49(59)47(42-55)64-53/h17-18,20-21,44-51,53,55-61H,3-16,19,22-43H2,1-2H3,(H,54,62)/b18-17-,21-20-. The third-order valence-electron chi connectivity index (χ3n) is 13.0. The second kappa shape index (κ2) is 42.9. The van der Waals surface area contributed by atoms with Gasteiger partial charge < -0.3 is 50.5 Å². The maximum atomic E-state index is 13.1. The van der Waals surface area contributed by atoms with E-state index in [-0.39, 0.29) is 6.42 Å². The minimum Gasteiger partial charge on any atom is -0.394 e. The molecule has 11 nitrogen and oxygen atoms in total. The van der Waals surface area contributed by atoms with Gasteiger partial charge in [-0.3, -0.25) is 4.79 Å². The van der Waals surface area contributed by atoms with E-state index in [1.807, 2.05) is 0 Å². The Bertz CT molecular complexity index is 1090. The fraction of sp³-hybridized carbons (Fsp3) is 0.906. The van der Waals surface area contributed by atoms with Gasteiger partial charge >= 0.3 is 0 Å². The SMILES string of the molecule is CCCCCCCCCCC/C=C\C/C=C\CCCCCCCCCCCCCCCCC(O)C(=O)NC(COC1OC(CO)C(O)C(O)C1O)C(O)C(O)CCCCCCCCC. The number of ether oxygens (including phenoxy) is 2. The lowest BCUT2D eigenvalue weighted by Crippen LogP contribution is -2.60. The number of carbonyl (C=O) groups excluding carboxylic acids is 1. The summed E-state index contributed by atoms with van der Waals surface area (Å²) in [5.41, 5.74) is 0. The quantitative estimate of drug-likeness (QED) is 0.0216. The molecule has 1 amide bonds. The molecule has 0 aliphatic carbocycles. The Kier molecular flexibility index (Phi) is 40.6. The van der Waals surface area contributed by atoms with Gasteiger partial charge in [-0.25, -0.2) is 0 Å². The maximum absolute atomic E-state index is 13.1. The zero-order valence-electron chi connectivity index (χ0n) is 41.0. The first-order valence-electron chi connectivity index (χ1n) is 26.7. The zero-order valence-corrected chi connectivity index (χ0v) is 41.0. The predicted molar refractivity (Wildman–Crippen MR) is 261 cm³/mol. The van der Waals surface area contributed by atoms with Crippen molar-refractivity contribution < 1.29 is 50.0 Å². The van der Waals surface area contributed by atoms with Crippen molar-refractivity contribution in [1.82, 2.24) is 5.32 Å². The van der Waals surface area contributed by atoms with Crippen molar-refractivity contribution >= 4 is 5.91 Å². The Balaban J connectivity index is 2.17. The summed E-state index contributed by atoms with van der Waals surface area (Å²) < 4.78 is 11.1. The van der Waals surface area contributed by atoms with Gasteiger partial charge in [-0.15, -0.1) is 0 Å². The van der Waals surface area contributed by atoms with Crippen molar-refractivity contribution in [2.45, 2.75) is 294 Å². The lowest BCUT2D eigenvalue weighted by atomic mass is 9.98. The normalized spacial score (nSPS) is 21.2. The molecule has 1 aliphatic heterocycles. The number of carbonyl (C=O) groups is 1. The van der Waals surface area contributed by atoms with E-state index in [1.165, 1.54) is 148 Å². The van der Waals surface area contributed by atoms with Gasteiger partial charge in [0.2, 0.25) is 5.91 Å². The summed E-state index contributed by atoms with van der Waals surface area (Å²) >= 11 is 0. The van der Waals surface area contributed by atoms with E-state index in [9.17, 15) is 40.5 Å². The lowest BCUT2D eigenvalue weighted by molar-refractivity contribution is -0.303. The Morgan fingerprint density at radius 2 is 0.953 bits per heavy atom. The number of unbranched alkanes of at least 4 members (excludes halogenated alkanes) is 29. The number of rotatable bonds is 45. The molecule has 1 saturated heterocycles. The molecule has 0 aromatic carbocycles. The minimum absolute atomic E-state index is 0.261. The van der Waals surface area contributed by atoms with Gasteiger partial charge in [0.05, 0.1) is 25.4 Å². The van der Waals surface area contributed by atoms with Gasteiger partial charge in [-0.2, -0.15) is 0 Å². The highest BCUT2D eigenvalue weighted by Gasteiger charge is 2.44. The van der Waals surface area contributed by atoms with Crippen molar-refractivity contribution in [3.63, 3.8) is 0 Å². The number of hydrogen-bond donors (Lipinski definition) is 8. The third kappa shape index (κ3) is 31.5. The fourth-order valence-electron chi connectivity index (χ4n) is 8.59. The van der Waals surface area contributed by atoms with Crippen molar-refractivity contribution in [2.75, 3.05) is 13.2 Å². The van der Waals surface area contributed by atoms with Crippen LogP contribution < -0.4 is 5.32 Å². The summed E-state index contributed by atoms with van der Waals surface area (Å²) in [7, 11) is 0. The zero-order chi connectivity index (χ0) is 46.9. The second-order valence-corrected chi connectivity index (χ2v) is 19.0. The molecule has 378 valence electrons. The summed E-state index contributed by atoms with van der Waals surface area (Å²) in [5, 5.41) is 75.5. The van der Waals surface area contributed by atoms with Crippen molar-refractivity contribution in [1.29, 1.82) is 0 Å². The van der Waals surface area contributed by atoms with Crippen LogP contribution in [0.4, 0.5) is 0 Å². The molecular formula is C53H101NO10. The first-order valence-corrected chi connectivity index (χ1v) is 26.7. The predicted octanol–water partition coefficient (Wildman–Crippen LogP) is 10.2. The van der Waals surface area contributed by atoms with Crippen LogP contribution in [-0.4, -0.2) is 110 Å². The highest BCUT2D eigenvalue weighted by atomic mass is 16.7. The molecule has 1 aliphatic rings. The van der Waals surface area contributed by atoms with Crippen LogP contribution in [0.5, 0.6) is 0 Å². The van der Waals surface area contributed by atoms with Crippen molar-refractivity contribution in [3.8, 4) is 0 Å². The van der Waals surface area contributed by atoms with Gasteiger partial charge in [0.25, 0.3) is 0 Å². The Hall–Kier alpha value is -1.41. The molecular weight excluding hydrogens is 811 g/mol. The van der Waals surface area contributed by atoms with Crippen LogP contribution in [0.15, 0.2) is 24.3 Å². The molecule has 8 N–H and O–H groups in total. The minimum atomic E-state index is -1.66. The molecule has 1 heterocycles. The average molecular weight is 912 g/mol. The van der Waals surface area contributed by atoms with E-state index in [0.717, 1.165) is 51.4 Å². The molecule has 0 bridgehead atoms. The van der Waals surface area contributed by atoms with Gasteiger partial charge in [0, 0.05) is 0 Å². The first kappa shape index (κ1) is 60.6. The summed E-state index contributed by atoms with van der Waals surface area (Å²) in [5.74, 6) is -0.699. The smallest absolute Gasteiger partial charge is 0.249 e. The van der Waals surface area contributed by atoms with Crippen LogP contribution in [0, 0.1) is 0 Å². The number of allylic oxidation sites excluding steroid dienone is 4. The molecule has 0 aromatic rings. The number of aliphatic hydroxyl groups is 7. The van der Waals surface area contributed by atoms with Gasteiger partial charge in [-0.05, 0) is 44.9 Å². The molecule has 0 aromatic heterocycles. The molecule has 9 atom stereocenters. The van der Waals surface area contributed by atoms with Gasteiger partial charge in [0.15, 0.2) is 6.29 Å². The molecule has 64 heavy (non-hydrogen) atoms. The number of nitrogens with one attached hydrogen (secondary N) is 1. The van der Waals surface area contributed by atoms with Crippen LogP contribution >= 0.6 is 0 Å². The summed E-state index contributed by atoms with van der Waals surface area (Å²) in [6.45, 7) is 3.39. The molecule has 11 heteroatoms. The highest BCUT2D eigenvalue weighted by Crippen LogP contribution is 2.23. The first-order chi connectivity index (χ1) is 31.2. The van der Waals surface area contributed by atoms with E-state index in [2.05, 4.69) is 43.5 Å². The summed E-state index contributed by atoms with van der Waals surface area (Å²) in [4.78, 5) is 13.1. The molecule has 1 fully saturated rings. The largest absolute Gasteiger partial charge is 0.394 e.